The first-order valence-corrected chi connectivity index (χ1v) is 22.8. The largest absolute Gasteiger partial charge is 0.497 e. The minimum Gasteiger partial charge on any atom is -0.497 e. The third-order valence-corrected chi connectivity index (χ3v) is 12.1. The Kier molecular flexibility index (Phi) is 13.8. The molecule has 2 aliphatic heterocycles. The van der Waals surface area contributed by atoms with Gasteiger partial charge in [-0.2, -0.15) is 15.5 Å². The van der Waals surface area contributed by atoms with Crippen LogP contribution in [0.2, 0.25) is 0 Å². The number of amides is 1. The second-order valence-electron chi connectivity index (χ2n) is 17.1. The Hall–Kier alpha value is -8.20. The second kappa shape index (κ2) is 20.8. The van der Waals surface area contributed by atoms with Gasteiger partial charge in [0.1, 0.15) is 51.3 Å². The quantitative estimate of drug-likeness (QED) is 0.0667. The van der Waals surface area contributed by atoms with Gasteiger partial charge in [0, 0.05) is 49.7 Å². The summed E-state index contributed by atoms with van der Waals surface area (Å²) < 4.78 is 26.8. The lowest BCUT2D eigenvalue weighted by atomic mass is 10.1. The first-order valence-electron chi connectivity index (χ1n) is 22.8. The predicted molar refractivity (Wildman–Crippen MR) is 265 cm³/mol. The zero-order valence-corrected chi connectivity index (χ0v) is 39.0. The number of hydrogen-bond acceptors (Lipinski definition) is 14. The number of ether oxygens (including phenoxy) is 4. The molecular weight excluding hydrogens is 873 g/mol. The Bertz CT molecular complexity index is 3130. The number of primary amides is 1. The summed E-state index contributed by atoms with van der Waals surface area (Å²) >= 11 is 0. The maximum absolute atomic E-state index is 12.1. The SMILES string of the molecule is COc1ccc(Cn2nc(N[C@@H]3CCNC3)c3c(Oc4ccc(C)cc4C#N)ccnc32)cc1.COc1ccc(Cn2nc(N[C@@H]3CCNC3)c3c(Oc4ccc(C)cc4C(N)=O)ccnc32)cc1. The van der Waals surface area contributed by atoms with Crippen molar-refractivity contribution in [2.75, 3.05) is 51.0 Å². The van der Waals surface area contributed by atoms with Gasteiger partial charge in [0.2, 0.25) is 0 Å². The van der Waals surface area contributed by atoms with Crippen molar-refractivity contribution in [1.82, 2.24) is 40.2 Å². The summed E-state index contributed by atoms with van der Waals surface area (Å²) in [6.07, 6.45) is 5.40. The van der Waals surface area contributed by atoms with Crippen LogP contribution in [-0.2, 0) is 13.1 Å². The minimum atomic E-state index is -0.542. The molecular formula is C52H54N12O5. The van der Waals surface area contributed by atoms with Crippen molar-refractivity contribution in [1.29, 1.82) is 5.26 Å². The molecule has 8 aromatic rings. The van der Waals surface area contributed by atoms with E-state index in [-0.39, 0.29) is 12.1 Å². The first-order chi connectivity index (χ1) is 33.7. The molecule has 0 aliphatic carbocycles. The summed E-state index contributed by atoms with van der Waals surface area (Å²) in [5.41, 5.74) is 11.9. The number of methoxy groups -OCH3 is 2. The Labute approximate surface area is 399 Å². The summed E-state index contributed by atoms with van der Waals surface area (Å²) in [7, 11) is 3.30. The van der Waals surface area contributed by atoms with E-state index < -0.39 is 5.91 Å². The summed E-state index contributed by atoms with van der Waals surface area (Å²) in [5.74, 6) is 4.56. The van der Waals surface area contributed by atoms with Crippen LogP contribution in [0.25, 0.3) is 22.1 Å². The topological polar surface area (TPSA) is 213 Å². The molecule has 17 nitrogen and oxygen atoms in total. The van der Waals surface area contributed by atoms with Crippen molar-refractivity contribution in [2.45, 2.75) is 51.9 Å². The van der Waals surface area contributed by atoms with Gasteiger partial charge in [-0.1, -0.05) is 42.0 Å². The molecule has 2 atom stereocenters. The molecule has 6 heterocycles. The fourth-order valence-electron chi connectivity index (χ4n) is 8.47. The number of hydrogen-bond donors (Lipinski definition) is 5. The third-order valence-electron chi connectivity index (χ3n) is 12.1. The number of nitriles is 1. The van der Waals surface area contributed by atoms with Crippen LogP contribution in [0.3, 0.4) is 0 Å². The van der Waals surface area contributed by atoms with E-state index in [2.05, 4.69) is 37.3 Å². The fraction of sp³-hybridized carbons (Fsp3) is 0.269. The number of nitrogens with one attached hydrogen (secondary N) is 4. The van der Waals surface area contributed by atoms with Crippen LogP contribution in [-0.4, -0.2) is 87.9 Å². The molecule has 0 spiro atoms. The highest BCUT2D eigenvalue weighted by molar-refractivity contribution is 5.97. The number of fused-ring (bicyclic) bond motifs is 2. The molecule has 4 aromatic carbocycles. The molecule has 352 valence electrons. The highest BCUT2D eigenvalue weighted by atomic mass is 16.5. The number of anilines is 2. The monoisotopic (exact) mass is 926 g/mol. The van der Waals surface area contributed by atoms with Crippen LogP contribution in [0.15, 0.2) is 109 Å². The van der Waals surface area contributed by atoms with Gasteiger partial charge in [-0.25, -0.2) is 19.3 Å². The van der Waals surface area contributed by atoms with Crippen LogP contribution in [0, 0.1) is 25.2 Å². The van der Waals surface area contributed by atoms with Crippen molar-refractivity contribution < 1.29 is 23.7 Å². The van der Waals surface area contributed by atoms with Crippen molar-refractivity contribution in [2.24, 2.45) is 5.73 Å². The lowest BCUT2D eigenvalue weighted by Crippen LogP contribution is -2.22. The summed E-state index contributed by atoms with van der Waals surface area (Å²) in [4.78, 5) is 21.3. The maximum Gasteiger partial charge on any atom is 0.252 e. The van der Waals surface area contributed by atoms with Crippen LogP contribution in [0.1, 0.15) is 51.0 Å². The van der Waals surface area contributed by atoms with Crippen LogP contribution >= 0.6 is 0 Å². The van der Waals surface area contributed by atoms with Crippen molar-refractivity contribution in [3.8, 4) is 40.6 Å². The fourth-order valence-corrected chi connectivity index (χ4v) is 8.47. The van der Waals surface area contributed by atoms with Gasteiger partial charge in [0.15, 0.2) is 22.9 Å². The number of benzene rings is 4. The van der Waals surface area contributed by atoms with Gasteiger partial charge in [-0.15, -0.1) is 0 Å². The summed E-state index contributed by atoms with van der Waals surface area (Å²) in [6, 6.07) is 33.1. The van der Waals surface area contributed by atoms with Gasteiger partial charge in [-0.3, -0.25) is 4.79 Å². The molecule has 0 radical (unpaired) electrons. The van der Waals surface area contributed by atoms with E-state index in [1.807, 2.05) is 102 Å². The predicted octanol–water partition coefficient (Wildman–Crippen LogP) is 7.70. The number of nitrogens with zero attached hydrogens (tertiary/aromatic N) is 7. The summed E-state index contributed by atoms with van der Waals surface area (Å²) in [6.45, 7) is 8.59. The Morgan fingerprint density at radius 1 is 0.681 bits per heavy atom. The molecule has 6 N–H and O–H groups in total. The average Bonchev–Trinajstić information content (AvgIpc) is 4.21. The van der Waals surface area contributed by atoms with Crippen molar-refractivity contribution >= 4 is 39.6 Å². The molecule has 0 saturated carbocycles. The number of carbonyl (C=O) groups excluding carboxylic acids is 1. The van der Waals surface area contributed by atoms with E-state index in [1.165, 1.54) is 0 Å². The van der Waals surface area contributed by atoms with Crippen molar-refractivity contribution in [3.05, 3.63) is 143 Å². The highest BCUT2D eigenvalue weighted by Crippen LogP contribution is 2.38. The van der Waals surface area contributed by atoms with Crippen LogP contribution in [0.4, 0.5) is 11.6 Å². The molecule has 69 heavy (non-hydrogen) atoms. The number of nitrogens with two attached hydrogens (primary N) is 1. The standard InChI is InChI=1S/C26H28N6O3.C26H26N6O2/c1-16-3-8-21(20(13-16)24(27)33)35-22-10-12-29-26-23(22)25(30-18-9-11-28-14-18)31-32(26)15-17-4-6-19(34-2)7-5-17;1-17-3-8-22(19(13-17)14-27)34-23-10-12-29-26-24(23)25(30-20-9-11-28-15-20)31-32(26)16-18-4-6-21(33-2)7-5-18/h3-8,10,12-13,18,28H,9,11,14-15H2,1-2H3,(H2,27,33)(H,30,31);3-8,10,12-13,20,28H,9,11,15-16H2,1-2H3,(H,30,31)/t18-;20-/m11/s1. The Morgan fingerprint density at radius 2 is 1.16 bits per heavy atom. The number of aryl methyl sites for hydroxylation is 2. The van der Waals surface area contributed by atoms with Gasteiger partial charge >= 0.3 is 0 Å². The van der Waals surface area contributed by atoms with E-state index >= 15 is 0 Å². The first kappa shape index (κ1) is 45.9. The Balaban J connectivity index is 0.000000172. The third kappa shape index (κ3) is 10.5. The zero-order valence-electron chi connectivity index (χ0n) is 39.0. The molecule has 0 unspecified atom stereocenters. The molecule has 1 amide bonds. The number of aromatic nitrogens is 6. The van der Waals surface area contributed by atoms with E-state index in [9.17, 15) is 10.1 Å². The number of carbonyl (C=O) groups is 1. The van der Waals surface area contributed by atoms with E-state index in [0.29, 0.717) is 64.3 Å². The Morgan fingerprint density at radius 3 is 1.61 bits per heavy atom. The highest BCUT2D eigenvalue weighted by Gasteiger charge is 2.25. The molecule has 2 aliphatic rings. The van der Waals surface area contributed by atoms with Gasteiger partial charge < -0.3 is 45.9 Å². The van der Waals surface area contributed by atoms with Gasteiger partial charge in [0.05, 0.1) is 38.4 Å². The lowest BCUT2D eigenvalue weighted by molar-refractivity contribution is 0.0998. The molecule has 10 rings (SSSR count). The van der Waals surface area contributed by atoms with E-state index in [0.717, 1.165) is 89.4 Å². The van der Waals surface area contributed by atoms with Crippen LogP contribution in [0.5, 0.6) is 34.5 Å². The average molecular weight is 927 g/mol. The second-order valence-corrected chi connectivity index (χ2v) is 17.1. The van der Waals surface area contributed by atoms with Gasteiger partial charge in [0.25, 0.3) is 5.91 Å². The molecule has 4 aromatic heterocycles. The zero-order chi connectivity index (χ0) is 47.9. The van der Waals surface area contributed by atoms with Gasteiger partial charge in [-0.05, 0) is 105 Å². The van der Waals surface area contributed by atoms with E-state index in [4.69, 9.17) is 34.9 Å². The lowest BCUT2D eigenvalue weighted by Gasteiger charge is -2.13. The smallest absolute Gasteiger partial charge is 0.252 e. The van der Waals surface area contributed by atoms with Crippen LogP contribution < -0.4 is 45.9 Å². The normalized spacial score (nSPS) is 15.3. The van der Waals surface area contributed by atoms with Crippen molar-refractivity contribution in [3.63, 3.8) is 0 Å². The molecule has 0 bridgehead atoms. The maximum atomic E-state index is 12.1. The number of rotatable bonds is 15. The molecule has 2 fully saturated rings. The molecule has 17 heteroatoms. The summed E-state index contributed by atoms with van der Waals surface area (Å²) in [5, 5.41) is 34.8. The number of pyridine rings is 2. The minimum absolute atomic E-state index is 0.246. The molecule has 2 saturated heterocycles. The van der Waals surface area contributed by atoms with E-state index in [1.54, 1.807) is 44.8 Å².